The van der Waals surface area contributed by atoms with Gasteiger partial charge in [0.1, 0.15) is 11.1 Å². The monoisotopic (exact) mass is 282 g/mol. The smallest absolute Gasteiger partial charge is 0.299 e. The Morgan fingerprint density at radius 3 is 2.67 bits per heavy atom. The fourth-order valence-electron chi connectivity index (χ4n) is 2.00. The van der Waals surface area contributed by atoms with Gasteiger partial charge in [0.15, 0.2) is 0 Å². The summed E-state index contributed by atoms with van der Waals surface area (Å²) < 4.78 is 6.65. The van der Waals surface area contributed by atoms with Gasteiger partial charge >= 0.3 is 0 Å². The summed E-state index contributed by atoms with van der Waals surface area (Å²) in [5, 5.41) is 4.07. The third-order valence-corrected chi connectivity index (χ3v) is 3.23. The third-order valence-electron chi connectivity index (χ3n) is 3.23. The van der Waals surface area contributed by atoms with Crippen molar-refractivity contribution in [3.63, 3.8) is 0 Å². The molecule has 0 aliphatic carbocycles. The van der Waals surface area contributed by atoms with Gasteiger partial charge in [0.25, 0.3) is 11.5 Å². The molecule has 0 unspecified atom stereocenters. The summed E-state index contributed by atoms with van der Waals surface area (Å²) in [5.41, 5.74) is 1.25. The summed E-state index contributed by atoms with van der Waals surface area (Å²) in [7, 11) is 1.61. The predicted octanol–water partition coefficient (Wildman–Crippen LogP) is -0.0505. The molecule has 2 heterocycles. The number of nitrogens with zero attached hydrogens (tertiary/aromatic N) is 3. The van der Waals surface area contributed by atoms with Crippen molar-refractivity contribution >= 4 is 12.7 Å². The van der Waals surface area contributed by atoms with Crippen LogP contribution in [0.15, 0.2) is 29.1 Å². The van der Waals surface area contributed by atoms with Crippen molar-refractivity contribution in [2.75, 3.05) is 7.11 Å². The van der Waals surface area contributed by atoms with Gasteiger partial charge < -0.3 is 4.74 Å². The summed E-state index contributed by atoms with van der Waals surface area (Å²) >= 11 is 0. The van der Waals surface area contributed by atoms with Crippen molar-refractivity contribution in [1.29, 1.82) is 0 Å². The van der Waals surface area contributed by atoms with Crippen LogP contribution in [0, 0.1) is 6.92 Å². The molecule has 106 valence electrons. The van der Waals surface area contributed by atoms with Crippen LogP contribution in [0.1, 0.15) is 11.3 Å². The molecular formula is C15H14N4O2. The Morgan fingerprint density at radius 2 is 2.00 bits per heavy atom. The zero-order chi connectivity index (χ0) is 15.0. The highest BCUT2D eigenvalue weighted by Crippen LogP contribution is 2.11. The summed E-state index contributed by atoms with van der Waals surface area (Å²) in [4.78, 5) is 20.2. The first-order chi connectivity index (χ1) is 10.1. The predicted molar refractivity (Wildman–Crippen MR) is 79.2 cm³/mol. The van der Waals surface area contributed by atoms with Gasteiger partial charge in [-0.2, -0.15) is 4.98 Å². The Kier molecular flexibility index (Phi) is 3.06. The van der Waals surface area contributed by atoms with E-state index in [4.69, 9.17) is 4.74 Å². The maximum Gasteiger partial charge on any atom is 0.299 e. The van der Waals surface area contributed by atoms with Gasteiger partial charge in [-0.05, 0) is 30.7 Å². The maximum absolute atomic E-state index is 12.0. The minimum atomic E-state index is -0.334. The van der Waals surface area contributed by atoms with Crippen molar-refractivity contribution in [3.05, 3.63) is 56.6 Å². The first kappa shape index (κ1) is 13.1. The fraction of sp³-hybridized carbons (Fsp3) is 0.133. The molecule has 0 fully saturated rings. The van der Waals surface area contributed by atoms with E-state index in [0.29, 0.717) is 22.3 Å². The highest BCUT2D eigenvalue weighted by atomic mass is 16.5. The quantitative estimate of drug-likeness (QED) is 0.715. The number of ether oxygens (including phenoxy) is 1. The molecule has 0 atom stereocenters. The van der Waals surface area contributed by atoms with E-state index in [1.54, 1.807) is 17.9 Å². The number of fused-ring (bicyclic) bond motifs is 1. The van der Waals surface area contributed by atoms with Gasteiger partial charge in [0.05, 0.1) is 18.2 Å². The van der Waals surface area contributed by atoms with E-state index in [-0.39, 0.29) is 5.56 Å². The molecule has 0 bridgehead atoms. The van der Waals surface area contributed by atoms with E-state index in [1.807, 2.05) is 31.2 Å². The minimum Gasteiger partial charge on any atom is -0.497 e. The number of imidazole rings is 1. The van der Waals surface area contributed by atoms with Gasteiger partial charge in [-0.1, -0.05) is 18.7 Å². The zero-order valence-electron chi connectivity index (χ0n) is 11.8. The van der Waals surface area contributed by atoms with Crippen molar-refractivity contribution in [2.45, 2.75) is 6.92 Å². The molecule has 0 aromatic heterocycles. The Morgan fingerprint density at radius 1 is 1.29 bits per heavy atom. The lowest BCUT2D eigenvalue weighted by molar-refractivity contribution is 0.415. The molecule has 0 saturated heterocycles. The largest absolute Gasteiger partial charge is 0.497 e. The zero-order valence-corrected chi connectivity index (χ0v) is 11.8. The minimum absolute atomic E-state index is 0.334. The van der Waals surface area contributed by atoms with Crippen LogP contribution in [-0.4, -0.2) is 26.9 Å². The van der Waals surface area contributed by atoms with Gasteiger partial charge in [0, 0.05) is 0 Å². The molecule has 3 rings (SSSR count). The van der Waals surface area contributed by atoms with E-state index < -0.39 is 0 Å². The fourth-order valence-corrected chi connectivity index (χ4v) is 2.00. The molecule has 1 aromatic carbocycles. The normalized spacial score (nSPS) is 12.0. The van der Waals surface area contributed by atoms with Gasteiger partial charge in [-0.15, -0.1) is 0 Å². The Bertz CT molecular complexity index is 922. The molecule has 6 nitrogen and oxygen atoms in total. The number of aromatic nitrogens is 4. The number of methoxy groups -OCH3 is 1. The van der Waals surface area contributed by atoms with Gasteiger partial charge in [-0.25, -0.2) is 9.67 Å². The Balaban J connectivity index is 2.22. The van der Waals surface area contributed by atoms with Gasteiger partial charge in [0.2, 0.25) is 0 Å². The molecule has 0 radical (unpaired) electrons. The van der Waals surface area contributed by atoms with Crippen molar-refractivity contribution in [2.24, 2.45) is 0 Å². The lowest BCUT2D eigenvalue weighted by Gasteiger charge is -2.03. The van der Waals surface area contributed by atoms with Crippen molar-refractivity contribution in [1.82, 2.24) is 19.7 Å². The number of rotatable bonds is 2. The molecule has 0 saturated carbocycles. The Labute approximate surface area is 120 Å². The molecule has 21 heavy (non-hydrogen) atoms. The van der Waals surface area contributed by atoms with E-state index in [9.17, 15) is 4.79 Å². The number of H-pyrrole nitrogens is 1. The molecule has 0 spiro atoms. The first-order valence-corrected chi connectivity index (χ1v) is 6.38. The molecule has 2 aliphatic rings. The highest BCUT2D eigenvalue weighted by Gasteiger charge is 2.11. The van der Waals surface area contributed by atoms with Gasteiger partial charge in [-0.3, -0.25) is 9.89 Å². The molecule has 1 aromatic rings. The maximum atomic E-state index is 12.0. The Hall–Kier alpha value is -2.89. The number of hydrogen-bond acceptors (Lipinski definition) is 4. The number of aromatic amines is 1. The number of hydrogen-bond donors (Lipinski definition) is 1. The number of nitrogens with one attached hydrogen (secondary N) is 1. The van der Waals surface area contributed by atoms with Crippen LogP contribution in [-0.2, 0) is 0 Å². The summed E-state index contributed by atoms with van der Waals surface area (Å²) in [5.74, 6) is 1.10. The van der Waals surface area contributed by atoms with Crippen LogP contribution in [0.25, 0.3) is 18.6 Å². The van der Waals surface area contributed by atoms with Crippen LogP contribution in [0.5, 0.6) is 5.75 Å². The van der Waals surface area contributed by atoms with Crippen LogP contribution >= 0.6 is 0 Å². The van der Waals surface area contributed by atoms with Crippen molar-refractivity contribution < 1.29 is 4.74 Å². The topological polar surface area (TPSA) is 72.8 Å². The van der Waals surface area contributed by atoms with Crippen LogP contribution in [0.2, 0.25) is 0 Å². The summed E-state index contributed by atoms with van der Waals surface area (Å²) in [6.07, 6.45) is 1.74. The SMILES string of the molecule is C=c1[nH]n2/c(=C/c3ccc(OC)cc3)c(=O)nc-2nc1C. The van der Waals surface area contributed by atoms with Crippen molar-refractivity contribution in [3.8, 4) is 11.7 Å². The first-order valence-electron chi connectivity index (χ1n) is 6.38. The highest BCUT2D eigenvalue weighted by molar-refractivity contribution is 5.50. The standard InChI is InChI=1S/C15H14N4O2/c1-9-10(2)18-19-13(14(20)17-15(19)16-9)8-11-4-6-12(21-3)7-5-11/h4-8,18H,2H2,1,3H3/b13-8+. The number of benzene rings is 1. The lowest BCUT2D eigenvalue weighted by Crippen LogP contribution is -2.32. The second-order valence-corrected chi connectivity index (χ2v) is 4.64. The third kappa shape index (κ3) is 2.31. The average Bonchev–Trinajstić information content (AvgIpc) is 2.76. The summed E-state index contributed by atoms with van der Waals surface area (Å²) in [6.45, 7) is 5.66. The second-order valence-electron chi connectivity index (χ2n) is 4.64. The van der Waals surface area contributed by atoms with E-state index in [0.717, 1.165) is 11.3 Å². The molecule has 0 amide bonds. The van der Waals surface area contributed by atoms with E-state index >= 15 is 0 Å². The molecule has 6 heteroatoms. The lowest BCUT2D eigenvalue weighted by atomic mass is 10.2. The van der Waals surface area contributed by atoms with E-state index in [2.05, 4.69) is 21.6 Å². The summed E-state index contributed by atoms with van der Waals surface area (Å²) in [6, 6.07) is 7.39. The van der Waals surface area contributed by atoms with Crippen LogP contribution in [0.4, 0.5) is 0 Å². The van der Waals surface area contributed by atoms with E-state index in [1.165, 1.54) is 0 Å². The molecular weight excluding hydrogens is 268 g/mol. The average molecular weight is 282 g/mol. The van der Waals surface area contributed by atoms with Crippen LogP contribution in [0.3, 0.4) is 0 Å². The second kappa shape index (κ2) is 4.90. The molecule has 1 N–H and O–H groups in total. The number of aryl methyl sites for hydroxylation is 1. The van der Waals surface area contributed by atoms with Crippen LogP contribution < -0.4 is 21.0 Å². The molecule has 2 aliphatic heterocycles.